The predicted molar refractivity (Wildman–Crippen MR) is 108 cm³/mol. The summed E-state index contributed by atoms with van der Waals surface area (Å²) in [5, 5.41) is 5.43. The third-order valence-corrected chi connectivity index (χ3v) is 7.05. The van der Waals surface area contributed by atoms with Crippen LogP contribution in [0.3, 0.4) is 0 Å². The molecule has 2 aliphatic rings. The zero-order valence-electron chi connectivity index (χ0n) is 16.2. The molecule has 2 fully saturated rings. The van der Waals surface area contributed by atoms with E-state index in [0.29, 0.717) is 11.8 Å². The molecule has 0 spiro atoms. The van der Waals surface area contributed by atoms with Crippen LogP contribution >= 0.6 is 11.3 Å². The Morgan fingerprint density at radius 2 is 1.93 bits per heavy atom. The number of rotatable bonds is 6. The van der Waals surface area contributed by atoms with E-state index in [4.69, 9.17) is 9.47 Å². The molecule has 1 amide bonds. The highest BCUT2D eigenvalue weighted by molar-refractivity contribution is 7.10. The van der Waals surface area contributed by atoms with Gasteiger partial charge in [-0.2, -0.15) is 4.98 Å². The molecule has 0 aliphatic heterocycles. The smallest absolute Gasteiger partial charge is 0.235 e. The van der Waals surface area contributed by atoms with E-state index < -0.39 is 0 Å². The van der Waals surface area contributed by atoms with Gasteiger partial charge in [-0.25, -0.2) is 0 Å². The summed E-state index contributed by atoms with van der Waals surface area (Å²) in [5.41, 5.74) is -0.308. The highest BCUT2D eigenvalue weighted by atomic mass is 32.1. The molecule has 2 aliphatic carbocycles. The number of methoxy groups -OCH3 is 1. The molecule has 4 rings (SSSR count). The lowest BCUT2D eigenvalue weighted by Crippen LogP contribution is -2.48. The van der Waals surface area contributed by atoms with Crippen molar-refractivity contribution in [3.63, 3.8) is 0 Å². The number of carbonyl (C=O) groups excluding carboxylic acids is 1. The summed E-state index contributed by atoms with van der Waals surface area (Å²) < 4.78 is 11.1. The number of nitrogens with zero attached hydrogens (tertiary/aromatic N) is 2. The fourth-order valence-corrected chi connectivity index (χ4v) is 5.40. The molecule has 2 saturated carbocycles. The molecule has 28 heavy (non-hydrogen) atoms. The molecule has 7 heteroatoms. The van der Waals surface area contributed by atoms with Crippen LogP contribution in [0.15, 0.2) is 29.9 Å². The average Bonchev–Trinajstić information content (AvgIpc) is 3.42. The van der Waals surface area contributed by atoms with Crippen LogP contribution in [0.2, 0.25) is 0 Å². The standard InChI is InChI=1S/C21H27N3O3S/c1-26-18-13-22-14-19(24-18)27-16-8-6-15(7-9-16)23-20(25)21(10-2-3-11-21)17-5-4-12-28-17/h4-5,12-16H,2-3,6-11H2,1H3,(H,23,25). The van der Waals surface area contributed by atoms with Gasteiger partial charge in [0.15, 0.2) is 0 Å². The van der Waals surface area contributed by atoms with Crippen molar-refractivity contribution in [1.29, 1.82) is 0 Å². The molecule has 150 valence electrons. The lowest BCUT2D eigenvalue weighted by molar-refractivity contribution is -0.127. The summed E-state index contributed by atoms with van der Waals surface area (Å²) in [5.74, 6) is 1.17. The molecule has 6 nitrogen and oxygen atoms in total. The van der Waals surface area contributed by atoms with Crippen molar-refractivity contribution in [3.8, 4) is 11.8 Å². The van der Waals surface area contributed by atoms with Crippen molar-refractivity contribution in [2.45, 2.75) is 68.9 Å². The van der Waals surface area contributed by atoms with Crippen molar-refractivity contribution < 1.29 is 14.3 Å². The zero-order chi connectivity index (χ0) is 19.4. The van der Waals surface area contributed by atoms with E-state index in [1.807, 2.05) is 0 Å². The third-order valence-electron chi connectivity index (χ3n) is 5.98. The van der Waals surface area contributed by atoms with Crippen molar-refractivity contribution >= 4 is 17.2 Å². The molecular weight excluding hydrogens is 374 g/mol. The number of nitrogens with one attached hydrogen (secondary N) is 1. The molecular formula is C21H27N3O3S. The second-order valence-corrected chi connectivity index (χ2v) is 8.68. The van der Waals surface area contributed by atoms with Gasteiger partial charge in [0.05, 0.1) is 24.9 Å². The number of amides is 1. The van der Waals surface area contributed by atoms with Crippen LogP contribution in [0.25, 0.3) is 0 Å². The first kappa shape index (κ1) is 19.2. The SMILES string of the molecule is COc1cncc(OC2CCC(NC(=O)C3(c4cccs4)CCCC3)CC2)n1. The first-order valence-corrected chi connectivity index (χ1v) is 11.0. The number of aromatic nitrogens is 2. The van der Waals surface area contributed by atoms with Gasteiger partial charge in [0.1, 0.15) is 6.10 Å². The lowest BCUT2D eigenvalue weighted by atomic mass is 9.82. The van der Waals surface area contributed by atoms with Crippen molar-refractivity contribution in [2.75, 3.05) is 7.11 Å². The van der Waals surface area contributed by atoms with Crippen LogP contribution in [0.1, 0.15) is 56.2 Å². The van der Waals surface area contributed by atoms with Crippen LogP contribution in [0, 0.1) is 0 Å². The van der Waals surface area contributed by atoms with Crippen molar-refractivity contribution in [3.05, 3.63) is 34.8 Å². The van der Waals surface area contributed by atoms with E-state index in [2.05, 4.69) is 32.8 Å². The molecule has 2 aromatic rings. The van der Waals surface area contributed by atoms with E-state index in [-0.39, 0.29) is 23.5 Å². The Bertz CT molecular complexity index is 782. The summed E-state index contributed by atoms with van der Waals surface area (Å²) in [4.78, 5) is 22.8. The maximum atomic E-state index is 13.2. The Labute approximate surface area is 169 Å². The Balaban J connectivity index is 1.32. The number of hydrogen-bond acceptors (Lipinski definition) is 6. The van der Waals surface area contributed by atoms with Crippen LogP contribution in [-0.2, 0) is 10.2 Å². The molecule has 2 heterocycles. The maximum absolute atomic E-state index is 13.2. The highest BCUT2D eigenvalue weighted by Gasteiger charge is 2.44. The third kappa shape index (κ3) is 3.99. The zero-order valence-corrected chi connectivity index (χ0v) is 17.0. The van der Waals surface area contributed by atoms with Gasteiger partial charge in [0.25, 0.3) is 0 Å². The monoisotopic (exact) mass is 401 g/mol. The number of ether oxygens (including phenoxy) is 2. The minimum atomic E-state index is -0.308. The molecule has 0 radical (unpaired) electrons. The summed E-state index contributed by atoms with van der Waals surface area (Å²) in [6.45, 7) is 0. The quantitative estimate of drug-likeness (QED) is 0.796. The van der Waals surface area contributed by atoms with Crippen LogP contribution in [0.4, 0.5) is 0 Å². The maximum Gasteiger partial charge on any atom is 0.235 e. The minimum Gasteiger partial charge on any atom is -0.480 e. The van der Waals surface area contributed by atoms with Crippen molar-refractivity contribution in [1.82, 2.24) is 15.3 Å². The fraction of sp³-hybridized carbons (Fsp3) is 0.571. The Morgan fingerprint density at radius 1 is 1.18 bits per heavy atom. The fourth-order valence-electron chi connectivity index (χ4n) is 4.42. The normalized spacial score (nSPS) is 23.9. The molecule has 0 saturated heterocycles. The molecule has 0 atom stereocenters. The van der Waals surface area contributed by atoms with E-state index in [9.17, 15) is 4.79 Å². The van der Waals surface area contributed by atoms with Gasteiger partial charge >= 0.3 is 0 Å². The summed E-state index contributed by atoms with van der Waals surface area (Å²) >= 11 is 1.71. The molecule has 0 bridgehead atoms. The lowest BCUT2D eigenvalue weighted by Gasteiger charge is -2.33. The van der Waals surface area contributed by atoms with E-state index in [1.54, 1.807) is 30.8 Å². The number of hydrogen-bond donors (Lipinski definition) is 1. The molecule has 0 aromatic carbocycles. The van der Waals surface area contributed by atoms with Gasteiger partial charge in [-0.3, -0.25) is 9.78 Å². The van der Waals surface area contributed by atoms with Gasteiger partial charge in [0, 0.05) is 10.9 Å². The Morgan fingerprint density at radius 3 is 2.61 bits per heavy atom. The topological polar surface area (TPSA) is 73.3 Å². The van der Waals surface area contributed by atoms with Gasteiger partial charge in [0.2, 0.25) is 17.7 Å². The van der Waals surface area contributed by atoms with E-state index >= 15 is 0 Å². The first-order valence-electron chi connectivity index (χ1n) is 10.1. The predicted octanol–water partition coefficient (Wildman–Crippen LogP) is 3.86. The summed E-state index contributed by atoms with van der Waals surface area (Å²) in [6.07, 6.45) is 11.1. The minimum absolute atomic E-state index is 0.104. The second kappa shape index (κ2) is 8.47. The Hall–Kier alpha value is -2.15. The Kier molecular flexibility index (Phi) is 5.80. The van der Waals surface area contributed by atoms with Crippen LogP contribution < -0.4 is 14.8 Å². The molecule has 2 aromatic heterocycles. The highest BCUT2D eigenvalue weighted by Crippen LogP contribution is 2.43. The van der Waals surface area contributed by atoms with Crippen LogP contribution in [-0.4, -0.2) is 35.1 Å². The van der Waals surface area contributed by atoms with Crippen LogP contribution in [0.5, 0.6) is 11.8 Å². The van der Waals surface area contributed by atoms with Gasteiger partial charge in [-0.05, 0) is 50.0 Å². The molecule has 1 N–H and O–H groups in total. The van der Waals surface area contributed by atoms with E-state index in [1.165, 1.54) is 4.88 Å². The summed E-state index contributed by atoms with van der Waals surface area (Å²) in [6, 6.07) is 4.40. The molecule has 0 unspecified atom stereocenters. The van der Waals surface area contributed by atoms with E-state index in [0.717, 1.165) is 51.4 Å². The van der Waals surface area contributed by atoms with Gasteiger partial charge < -0.3 is 14.8 Å². The van der Waals surface area contributed by atoms with Crippen molar-refractivity contribution in [2.24, 2.45) is 0 Å². The number of thiophene rings is 1. The number of carbonyl (C=O) groups is 1. The van der Waals surface area contributed by atoms with Gasteiger partial charge in [-0.15, -0.1) is 11.3 Å². The largest absolute Gasteiger partial charge is 0.480 e. The van der Waals surface area contributed by atoms with Gasteiger partial charge in [-0.1, -0.05) is 18.9 Å². The first-order chi connectivity index (χ1) is 13.7. The average molecular weight is 402 g/mol. The second-order valence-electron chi connectivity index (χ2n) is 7.73. The summed E-state index contributed by atoms with van der Waals surface area (Å²) in [7, 11) is 1.56.